The Morgan fingerprint density at radius 3 is 2.65 bits per heavy atom. The van der Waals surface area contributed by atoms with Crippen LogP contribution in [0.15, 0.2) is 34.7 Å². The first-order chi connectivity index (χ1) is 8.06. The first-order valence-electron chi connectivity index (χ1n) is 4.93. The summed E-state index contributed by atoms with van der Waals surface area (Å²) in [6.07, 6.45) is -0.734. The molecule has 0 aliphatic heterocycles. The predicted molar refractivity (Wildman–Crippen MR) is 63.8 cm³/mol. The van der Waals surface area contributed by atoms with Crippen molar-refractivity contribution in [2.45, 2.75) is 12.5 Å². The molecule has 17 heavy (non-hydrogen) atoms. The molecule has 2 aromatic rings. The van der Waals surface area contributed by atoms with Gasteiger partial charge in [-0.05, 0) is 47.5 Å². The second kappa shape index (κ2) is 5.08. The van der Waals surface area contributed by atoms with Gasteiger partial charge in [0.05, 0.1) is 0 Å². The average Bonchev–Trinajstić information content (AvgIpc) is 2.70. The number of aliphatic hydroxyl groups is 1. The van der Waals surface area contributed by atoms with Crippen LogP contribution in [0.1, 0.15) is 17.4 Å². The lowest BCUT2D eigenvalue weighted by Gasteiger charge is -2.09. The molecule has 1 aromatic carbocycles. The first-order valence-corrected chi connectivity index (χ1v) is 5.69. The van der Waals surface area contributed by atoms with E-state index in [9.17, 15) is 9.50 Å². The van der Waals surface area contributed by atoms with E-state index in [0.29, 0.717) is 16.3 Å². The van der Waals surface area contributed by atoms with Crippen LogP contribution in [0.25, 0.3) is 0 Å². The molecule has 90 valence electrons. The van der Waals surface area contributed by atoms with Gasteiger partial charge in [0, 0.05) is 11.4 Å². The fraction of sp³-hybridized carbons (Fsp3) is 0.167. The lowest BCUT2D eigenvalue weighted by molar-refractivity contribution is 0.150. The van der Waals surface area contributed by atoms with Crippen molar-refractivity contribution >= 4 is 23.2 Å². The molecule has 5 heteroatoms. The number of benzene rings is 1. The van der Waals surface area contributed by atoms with E-state index in [-0.39, 0.29) is 11.6 Å². The molecule has 0 saturated heterocycles. The van der Waals surface area contributed by atoms with Crippen molar-refractivity contribution in [1.29, 1.82) is 0 Å². The van der Waals surface area contributed by atoms with E-state index in [1.165, 1.54) is 24.3 Å². The minimum atomic E-state index is -0.901. The molecule has 1 unspecified atom stereocenters. The Morgan fingerprint density at radius 2 is 2.00 bits per heavy atom. The van der Waals surface area contributed by atoms with Crippen LogP contribution in [0.2, 0.25) is 10.2 Å². The molecule has 2 rings (SSSR count). The highest BCUT2D eigenvalue weighted by Crippen LogP contribution is 2.26. The first kappa shape index (κ1) is 12.4. The molecule has 0 radical (unpaired) electrons. The highest BCUT2D eigenvalue weighted by atomic mass is 35.5. The van der Waals surface area contributed by atoms with Gasteiger partial charge in [-0.15, -0.1) is 0 Å². The fourth-order valence-corrected chi connectivity index (χ4v) is 1.86. The zero-order valence-corrected chi connectivity index (χ0v) is 10.2. The van der Waals surface area contributed by atoms with Gasteiger partial charge in [-0.2, -0.15) is 0 Å². The predicted octanol–water partition coefficient (Wildman–Crippen LogP) is 4.00. The smallest absolute Gasteiger partial charge is 0.193 e. The van der Waals surface area contributed by atoms with Gasteiger partial charge in [0.1, 0.15) is 17.7 Å². The normalized spacial score (nSPS) is 12.7. The molecular formula is C12H9Cl2FO2. The second-order valence-electron chi connectivity index (χ2n) is 3.60. The van der Waals surface area contributed by atoms with E-state index in [4.69, 9.17) is 27.6 Å². The van der Waals surface area contributed by atoms with Gasteiger partial charge in [-0.25, -0.2) is 4.39 Å². The number of halogens is 3. The number of aliphatic hydroxyl groups excluding tert-OH is 1. The van der Waals surface area contributed by atoms with Gasteiger partial charge in [-0.3, -0.25) is 0 Å². The highest BCUT2D eigenvalue weighted by Gasteiger charge is 2.15. The third-order valence-corrected chi connectivity index (χ3v) is 2.92. The van der Waals surface area contributed by atoms with Crippen LogP contribution in [0.5, 0.6) is 0 Å². The number of furan rings is 1. The molecule has 1 atom stereocenters. The van der Waals surface area contributed by atoms with Crippen molar-refractivity contribution in [3.8, 4) is 0 Å². The molecular weight excluding hydrogens is 266 g/mol. The molecule has 0 fully saturated rings. The van der Waals surface area contributed by atoms with Crippen LogP contribution in [0, 0.1) is 5.82 Å². The van der Waals surface area contributed by atoms with Crippen LogP contribution >= 0.6 is 23.2 Å². The minimum absolute atomic E-state index is 0.167. The molecule has 1 N–H and O–H groups in total. The van der Waals surface area contributed by atoms with E-state index in [0.717, 1.165) is 0 Å². The van der Waals surface area contributed by atoms with Crippen molar-refractivity contribution < 1.29 is 13.9 Å². The Hall–Kier alpha value is -1.03. The average molecular weight is 275 g/mol. The van der Waals surface area contributed by atoms with E-state index < -0.39 is 11.9 Å². The Labute approximate surface area is 108 Å². The van der Waals surface area contributed by atoms with Crippen LogP contribution in [-0.4, -0.2) is 5.11 Å². The highest BCUT2D eigenvalue weighted by molar-refractivity contribution is 6.31. The summed E-state index contributed by atoms with van der Waals surface area (Å²) in [5, 5.41) is 10.5. The van der Waals surface area contributed by atoms with Crippen LogP contribution in [0.3, 0.4) is 0 Å². The monoisotopic (exact) mass is 274 g/mol. The van der Waals surface area contributed by atoms with E-state index in [1.54, 1.807) is 6.07 Å². The molecule has 0 aliphatic carbocycles. The molecule has 2 nitrogen and oxygen atoms in total. The van der Waals surface area contributed by atoms with Gasteiger partial charge in [0.2, 0.25) is 0 Å². The van der Waals surface area contributed by atoms with E-state index in [2.05, 4.69) is 0 Å². The van der Waals surface area contributed by atoms with Gasteiger partial charge in [-0.1, -0.05) is 11.6 Å². The van der Waals surface area contributed by atoms with Crippen LogP contribution in [-0.2, 0) is 6.42 Å². The molecule has 0 saturated carbocycles. The van der Waals surface area contributed by atoms with Crippen molar-refractivity contribution in [1.82, 2.24) is 0 Å². The zero-order valence-electron chi connectivity index (χ0n) is 8.66. The maximum atomic E-state index is 13.0. The van der Waals surface area contributed by atoms with Gasteiger partial charge < -0.3 is 9.52 Å². The molecule has 0 aliphatic rings. The maximum Gasteiger partial charge on any atom is 0.193 e. The summed E-state index contributed by atoms with van der Waals surface area (Å²) in [4.78, 5) is 0. The number of rotatable bonds is 3. The summed E-state index contributed by atoms with van der Waals surface area (Å²) in [5.41, 5.74) is 0.520. The fourth-order valence-electron chi connectivity index (χ4n) is 1.52. The number of hydrogen-bond acceptors (Lipinski definition) is 2. The van der Waals surface area contributed by atoms with Crippen molar-refractivity contribution in [3.63, 3.8) is 0 Å². The summed E-state index contributed by atoms with van der Waals surface area (Å²) in [5.74, 6) is -0.0654. The third kappa shape index (κ3) is 3.00. The quantitative estimate of drug-likeness (QED) is 0.918. The standard InChI is InChI=1S/C12H9Cl2FO2/c13-9-2-1-8(15)5-7(9)6-10(16)11-3-4-12(14)17-11/h1-5,10,16H,6H2. The SMILES string of the molecule is OC(Cc1cc(F)ccc1Cl)c1ccc(Cl)o1. The summed E-state index contributed by atoms with van der Waals surface area (Å²) in [7, 11) is 0. The number of hydrogen-bond donors (Lipinski definition) is 1. The van der Waals surface area contributed by atoms with E-state index in [1.807, 2.05) is 0 Å². The molecule has 1 heterocycles. The van der Waals surface area contributed by atoms with Gasteiger partial charge in [0.25, 0.3) is 0 Å². The minimum Gasteiger partial charge on any atom is -0.447 e. The summed E-state index contributed by atoms with van der Waals surface area (Å²) in [6.45, 7) is 0. The van der Waals surface area contributed by atoms with Crippen LogP contribution < -0.4 is 0 Å². The second-order valence-corrected chi connectivity index (χ2v) is 4.38. The Bertz CT molecular complexity index is 525. The van der Waals surface area contributed by atoms with Gasteiger partial charge in [0.15, 0.2) is 5.22 Å². The van der Waals surface area contributed by atoms with Gasteiger partial charge >= 0.3 is 0 Å². The molecule has 0 amide bonds. The molecule has 0 spiro atoms. The Morgan fingerprint density at radius 1 is 1.24 bits per heavy atom. The lowest BCUT2D eigenvalue weighted by atomic mass is 10.1. The third-order valence-electron chi connectivity index (χ3n) is 2.34. The molecule has 1 aromatic heterocycles. The summed E-state index contributed by atoms with van der Waals surface area (Å²) >= 11 is 11.5. The van der Waals surface area contributed by atoms with Crippen molar-refractivity contribution in [3.05, 3.63) is 57.7 Å². The Balaban J connectivity index is 2.18. The van der Waals surface area contributed by atoms with Crippen molar-refractivity contribution in [2.75, 3.05) is 0 Å². The largest absolute Gasteiger partial charge is 0.447 e. The maximum absolute atomic E-state index is 13.0. The van der Waals surface area contributed by atoms with E-state index >= 15 is 0 Å². The summed E-state index contributed by atoms with van der Waals surface area (Å²) < 4.78 is 18.1. The lowest BCUT2D eigenvalue weighted by Crippen LogP contribution is -2.01. The Kier molecular flexibility index (Phi) is 3.72. The zero-order chi connectivity index (χ0) is 12.4. The van der Waals surface area contributed by atoms with Crippen LogP contribution in [0.4, 0.5) is 4.39 Å². The summed E-state index contributed by atoms with van der Waals surface area (Å²) in [6, 6.07) is 7.11. The topological polar surface area (TPSA) is 33.4 Å². The van der Waals surface area contributed by atoms with Crippen molar-refractivity contribution in [2.24, 2.45) is 0 Å². The molecule has 0 bridgehead atoms.